The van der Waals surface area contributed by atoms with E-state index in [0.29, 0.717) is 6.61 Å². The Labute approximate surface area is 196 Å². The minimum absolute atomic E-state index is 0.284. The van der Waals surface area contributed by atoms with Gasteiger partial charge in [0, 0.05) is 18.5 Å². The highest BCUT2D eigenvalue weighted by molar-refractivity contribution is 6.10. The molecule has 5 rings (SSSR count). The summed E-state index contributed by atoms with van der Waals surface area (Å²) >= 11 is 0. The standard InChI is InChI=1S/C28H36N2O3/c31-28-20-22-19-23(32-17-5-15-29-11-1-2-12-29)7-9-25(22)26-10-8-24(21-27(26)28)33-18-6-16-30-13-3-4-14-30/h7-10,19-21,31H,1-6,11-18H2. The van der Waals surface area contributed by atoms with Crippen molar-refractivity contribution in [2.75, 3.05) is 52.5 Å². The fraction of sp³-hybridized carbons (Fsp3) is 0.500. The molecule has 0 bridgehead atoms. The lowest BCUT2D eigenvalue weighted by molar-refractivity contribution is 0.263. The van der Waals surface area contributed by atoms with E-state index in [1.807, 2.05) is 30.3 Å². The van der Waals surface area contributed by atoms with Crippen molar-refractivity contribution in [2.24, 2.45) is 0 Å². The molecule has 0 radical (unpaired) electrons. The summed E-state index contributed by atoms with van der Waals surface area (Å²) in [5.41, 5.74) is 0. The van der Waals surface area contributed by atoms with Crippen molar-refractivity contribution in [2.45, 2.75) is 38.5 Å². The van der Waals surface area contributed by atoms with Crippen molar-refractivity contribution in [3.05, 3.63) is 42.5 Å². The van der Waals surface area contributed by atoms with Gasteiger partial charge in [0.25, 0.3) is 0 Å². The van der Waals surface area contributed by atoms with E-state index in [9.17, 15) is 5.11 Å². The lowest BCUT2D eigenvalue weighted by Crippen LogP contribution is -2.21. The van der Waals surface area contributed by atoms with Crippen LogP contribution in [0.2, 0.25) is 0 Å². The lowest BCUT2D eigenvalue weighted by atomic mass is 10.0. The summed E-state index contributed by atoms with van der Waals surface area (Å²) in [6, 6.07) is 14.0. The van der Waals surface area contributed by atoms with Crippen LogP contribution < -0.4 is 9.47 Å². The summed E-state index contributed by atoms with van der Waals surface area (Å²) in [7, 11) is 0. The minimum Gasteiger partial charge on any atom is -0.507 e. The van der Waals surface area contributed by atoms with Crippen LogP contribution in [0.15, 0.2) is 42.5 Å². The number of phenolic OH excluding ortho intramolecular Hbond substituents is 1. The second-order valence-electron chi connectivity index (χ2n) is 9.49. The summed E-state index contributed by atoms with van der Waals surface area (Å²) in [5, 5.41) is 14.7. The maximum absolute atomic E-state index is 10.7. The number of benzene rings is 3. The van der Waals surface area contributed by atoms with Gasteiger partial charge in [-0.05, 0) is 117 Å². The fourth-order valence-corrected chi connectivity index (χ4v) is 5.25. The van der Waals surface area contributed by atoms with Gasteiger partial charge >= 0.3 is 0 Å². The highest BCUT2D eigenvalue weighted by Crippen LogP contribution is 2.36. The molecule has 176 valence electrons. The topological polar surface area (TPSA) is 45.2 Å². The monoisotopic (exact) mass is 448 g/mol. The van der Waals surface area contributed by atoms with E-state index < -0.39 is 0 Å². The van der Waals surface area contributed by atoms with Crippen molar-refractivity contribution in [1.82, 2.24) is 9.80 Å². The van der Waals surface area contributed by atoms with Gasteiger partial charge in [-0.25, -0.2) is 0 Å². The molecule has 0 unspecified atom stereocenters. The number of fused-ring (bicyclic) bond motifs is 3. The summed E-state index contributed by atoms with van der Waals surface area (Å²) < 4.78 is 12.0. The molecule has 0 atom stereocenters. The van der Waals surface area contributed by atoms with Gasteiger partial charge < -0.3 is 24.4 Å². The third-order valence-electron chi connectivity index (χ3n) is 7.04. The van der Waals surface area contributed by atoms with E-state index in [1.165, 1.54) is 51.9 Å². The number of aromatic hydroxyl groups is 1. The zero-order chi connectivity index (χ0) is 22.5. The van der Waals surface area contributed by atoms with Gasteiger partial charge in [-0.1, -0.05) is 6.07 Å². The van der Waals surface area contributed by atoms with E-state index in [0.717, 1.165) is 65.6 Å². The average molecular weight is 449 g/mol. The van der Waals surface area contributed by atoms with Crippen molar-refractivity contribution >= 4 is 21.5 Å². The normalized spacial score (nSPS) is 17.3. The predicted molar refractivity (Wildman–Crippen MR) is 135 cm³/mol. The Balaban J connectivity index is 1.21. The van der Waals surface area contributed by atoms with E-state index in [1.54, 1.807) is 0 Å². The molecule has 3 aromatic carbocycles. The number of hydrogen-bond donors (Lipinski definition) is 1. The van der Waals surface area contributed by atoms with Crippen LogP contribution in [-0.2, 0) is 0 Å². The van der Waals surface area contributed by atoms with Gasteiger partial charge in [0.2, 0.25) is 0 Å². The Hall–Kier alpha value is -2.50. The van der Waals surface area contributed by atoms with E-state index in [-0.39, 0.29) is 5.75 Å². The number of hydrogen-bond acceptors (Lipinski definition) is 5. The van der Waals surface area contributed by atoms with E-state index >= 15 is 0 Å². The second-order valence-corrected chi connectivity index (χ2v) is 9.49. The maximum Gasteiger partial charge on any atom is 0.124 e. The van der Waals surface area contributed by atoms with Gasteiger partial charge in [-0.15, -0.1) is 0 Å². The Morgan fingerprint density at radius 3 is 1.79 bits per heavy atom. The molecule has 3 aromatic rings. The molecule has 0 aromatic heterocycles. The molecular weight excluding hydrogens is 412 g/mol. The first-order valence-electron chi connectivity index (χ1n) is 12.7. The van der Waals surface area contributed by atoms with Crippen LogP contribution in [0.3, 0.4) is 0 Å². The second kappa shape index (κ2) is 10.6. The summed E-state index contributed by atoms with van der Waals surface area (Å²) in [5.74, 6) is 1.96. The average Bonchev–Trinajstić information content (AvgIpc) is 3.54. The van der Waals surface area contributed by atoms with Crippen LogP contribution in [0.4, 0.5) is 0 Å². The van der Waals surface area contributed by atoms with Crippen LogP contribution in [-0.4, -0.2) is 67.4 Å². The molecule has 2 aliphatic rings. The molecule has 0 amide bonds. The van der Waals surface area contributed by atoms with Crippen molar-refractivity contribution < 1.29 is 14.6 Å². The molecule has 2 saturated heterocycles. The highest BCUT2D eigenvalue weighted by Gasteiger charge is 2.12. The molecule has 2 aliphatic heterocycles. The molecule has 1 N–H and O–H groups in total. The van der Waals surface area contributed by atoms with E-state index in [4.69, 9.17) is 9.47 Å². The van der Waals surface area contributed by atoms with Crippen LogP contribution >= 0.6 is 0 Å². The number of phenols is 1. The third-order valence-corrected chi connectivity index (χ3v) is 7.04. The molecule has 2 heterocycles. The maximum atomic E-state index is 10.7. The smallest absolute Gasteiger partial charge is 0.124 e. The Bertz CT molecular complexity index is 1070. The molecule has 0 aliphatic carbocycles. The molecule has 5 heteroatoms. The number of nitrogens with zero attached hydrogens (tertiary/aromatic N) is 2. The zero-order valence-corrected chi connectivity index (χ0v) is 19.6. The Morgan fingerprint density at radius 1 is 0.636 bits per heavy atom. The lowest BCUT2D eigenvalue weighted by Gasteiger charge is -2.15. The van der Waals surface area contributed by atoms with Gasteiger partial charge in [-0.3, -0.25) is 0 Å². The van der Waals surface area contributed by atoms with Gasteiger partial charge in [0.05, 0.1) is 13.2 Å². The number of ether oxygens (including phenoxy) is 2. The number of likely N-dealkylation sites (tertiary alicyclic amines) is 2. The molecule has 0 saturated carbocycles. The van der Waals surface area contributed by atoms with Crippen LogP contribution in [0.5, 0.6) is 17.2 Å². The SMILES string of the molecule is Oc1cc2cc(OCCCN3CCCC3)ccc2c2ccc(OCCCN3CCCC3)cc12. The van der Waals surface area contributed by atoms with Crippen molar-refractivity contribution in [1.29, 1.82) is 0 Å². The van der Waals surface area contributed by atoms with Crippen LogP contribution in [0.1, 0.15) is 38.5 Å². The molecular formula is C28H36N2O3. The highest BCUT2D eigenvalue weighted by atomic mass is 16.5. The first-order chi connectivity index (χ1) is 16.3. The number of rotatable bonds is 10. The van der Waals surface area contributed by atoms with E-state index in [2.05, 4.69) is 21.9 Å². The van der Waals surface area contributed by atoms with Crippen molar-refractivity contribution in [3.8, 4) is 17.2 Å². The minimum atomic E-state index is 0.284. The van der Waals surface area contributed by atoms with Crippen molar-refractivity contribution in [3.63, 3.8) is 0 Å². The Morgan fingerprint density at radius 2 is 1.18 bits per heavy atom. The van der Waals surface area contributed by atoms with Gasteiger partial charge in [0.1, 0.15) is 17.2 Å². The first kappa shape index (κ1) is 22.3. The quantitative estimate of drug-likeness (QED) is 0.331. The summed E-state index contributed by atoms with van der Waals surface area (Å²) in [4.78, 5) is 5.02. The Kier molecular flexibility index (Phi) is 7.18. The molecule has 5 nitrogen and oxygen atoms in total. The summed E-state index contributed by atoms with van der Waals surface area (Å²) in [6.07, 6.45) is 7.38. The summed E-state index contributed by atoms with van der Waals surface area (Å²) in [6.45, 7) is 8.55. The largest absolute Gasteiger partial charge is 0.507 e. The van der Waals surface area contributed by atoms with Gasteiger partial charge in [0.15, 0.2) is 0 Å². The van der Waals surface area contributed by atoms with Gasteiger partial charge in [-0.2, -0.15) is 0 Å². The first-order valence-corrected chi connectivity index (χ1v) is 12.7. The fourth-order valence-electron chi connectivity index (χ4n) is 5.25. The third kappa shape index (κ3) is 5.53. The van der Waals surface area contributed by atoms with Crippen LogP contribution in [0.25, 0.3) is 21.5 Å². The molecule has 33 heavy (non-hydrogen) atoms. The zero-order valence-electron chi connectivity index (χ0n) is 19.6. The molecule has 0 spiro atoms. The van der Waals surface area contributed by atoms with Crippen LogP contribution in [0, 0.1) is 0 Å². The molecule has 2 fully saturated rings. The predicted octanol–water partition coefficient (Wildman–Crippen LogP) is 5.43.